The van der Waals surface area contributed by atoms with Gasteiger partial charge in [0, 0.05) is 32.0 Å². The van der Waals surface area contributed by atoms with E-state index in [1.54, 1.807) is 33.5 Å². The van der Waals surface area contributed by atoms with Crippen molar-refractivity contribution < 1.29 is 33.3 Å². The van der Waals surface area contributed by atoms with E-state index in [2.05, 4.69) is 10.6 Å². The van der Waals surface area contributed by atoms with Crippen molar-refractivity contribution in [2.75, 3.05) is 46.8 Å². The predicted octanol–water partition coefficient (Wildman–Crippen LogP) is 4.49. The van der Waals surface area contributed by atoms with Crippen LogP contribution in [-0.4, -0.2) is 70.3 Å². The summed E-state index contributed by atoms with van der Waals surface area (Å²) in [7, 11) is 6.05. The zero-order chi connectivity index (χ0) is 33.5. The van der Waals surface area contributed by atoms with Crippen LogP contribution >= 0.6 is 0 Å². The first-order valence-electron chi connectivity index (χ1n) is 16.0. The van der Waals surface area contributed by atoms with Crippen LogP contribution < -0.4 is 30.3 Å². The van der Waals surface area contributed by atoms with Gasteiger partial charge >= 0.3 is 5.97 Å². The molecule has 0 radical (unpaired) electrons. The van der Waals surface area contributed by atoms with E-state index in [4.69, 9.17) is 18.9 Å². The highest BCUT2D eigenvalue weighted by molar-refractivity contribution is 5.86. The molecule has 46 heavy (non-hydrogen) atoms. The zero-order valence-corrected chi connectivity index (χ0v) is 28.0. The number of piperidine rings is 1. The molecule has 3 atom stereocenters. The molecular formula is C35H47N3O8. The van der Waals surface area contributed by atoms with Crippen LogP contribution in [0.3, 0.4) is 0 Å². The largest absolute Gasteiger partial charge is 0.493 e. The number of fused-ring (bicyclic) bond motifs is 3. The molecule has 1 fully saturated rings. The minimum Gasteiger partial charge on any atom is -0.493 e. The molecule has 0 aromatic heterocycles. The second-order valence-electron chi connectivity index (χ2n) is 12.2. The highest BCUT2D eigenvalue weighted by Gasteiger charge is 2.33. The first-order valence-corrected chi connectivity index (χ1v) is 16.0. The van der Waals surface area contributed by atoms with Crippen molar-refractivity contribution in [1.82, 2.24) is 10.2 Å². The summed E-state index contributed by atoms with van der Waals surface area (Å²) in [4.78, 5) is 53.7. The highest BCUT2D eigenvalue weighted by Crippen LogP contribution is 2.50. The van der Waals surface area contributed by atoms with Crippen molar-refractivity contribution in [2.45, 2.75) is 71.4 Å². The van der Waals surface area contributed by atoms with Crippen molar-refractivity contribution in [1.29, 1.82) is 0 Å². The number of aryl methyl sites for hydroxylation is 1. The van der Waals surface area contributed by atoms with Gasteiger partial charge in [0.05, 0.1) is 40.2 Å². The number of rotatable bonds is 11. The average molecular weight is 638 g/mol. The number of benzene rings is 1. The predicted molar refractivity (Wildman–Crippen MR) is 175 cm³/mol. The van der Waals surface area contributed by atoms with Crippen LogP contribution in [0.15, 0.2) is 29.1 Å². The number of likely N-dealkylation sites (tertiary alicyclic amines) is 1. The number of amides is 2. The fourth-order valence-electron chi connectivity index (χ4n) is 6.55. The van der Waals surface area contributed by atoms with Gasteiger partial charge in [-0.15, -0.1) is 0 Å². The Hall–Kier alpha value is -4.28. The van der Waals surface area contributed by atoms with Crippen LogP contribution in [0.4, 0.5) is 5.69 Å². The van der Waals surface area contributed by atoms with Gasteiger partial charge in [0.15, 0.2) is 11.5 Å². The zero-order valence-electron chi connectivity index (χ0n) is 28.0. The van der Waals surface area contributed by atoms with E-state index in [1.807, 2.05) is 30.9 Å². The molecule has 0 saturated carbocycles. The van der Waals surface area contributed by atoms with Crippen LogP contribution in [0.2, 0.25) is 0 Å². The Labute approximate surface area is 270 Å². The van der Waals surface area contributed by atoms with Gasteiger partial charge in [0.25, 0.3) is 0 Å². The molecule has 2 amide bonds. The lowest BCUT2D eigenvalue weighted by atomic mass is 9.91. The SMILES string of the molecule is CC[C@@H](C)[C@H](Nc1ccc2c(cc1=O)[C@@H](NC(C)=O)CCc1cc(OC)c(OC)c(OC)c1-2)C(=O)N1CCC(CC(=O)OC)CC1. The average Bonchev–Trinajstić information content (AvgIpc) is 3.30. The van der Waals surface area contributed by atoms with Crippen molar-refractivity contribution in [2.24, 2.45) is 11.8 Å². The molecular weight excluding hydrogens is 590 g/mol. The number of nitrogens with zero attached hydrogens (tertiary/aromatic N) is 1. The third-order valence-electron chi connectivity index (χ3n) is 9.32. The standard InChI is InChI=1S/C35H47N3O8/c1-8-20(2)32(35(42)38-15-13-22(14-16-38)17-30(41)44-5)37-27-12-10-24-25(19-28(27)40)26(36-21(3)39)11-9-23-18-29(43-4)33(45-6)34(46-7)31(23)24/h10,12,18-20,22,26,32H,8-9,11,13-17H2,1-7H3,(H,36,39)(H,37,40)/t20-,26+,32+/m1/s1. The van der Waals surface area contributed by atoms with Gasteiger partial charge in [-0.05, 0) is 72.4 Å². The number of hydrogen-bond donors (Lipinski definition) is 2. The molecule has 0 bridgehead atoms. The minimum absolute atomic E-state index is 0.0623. The molecule has 1 heterocycles. The fourth-order valence-corrected chi connectivity index (χ4v) is 6.55. The molecule has 11 heteroatoms. The highest BCUT2D eigenvalue weighted by atomic mass is 16.5. The maximum atomic E-state index is 13.9. The van der Waals surface area contributed by atoms with E-state index >= 15 is 0 Å². The number of ether oxygens (including phenoxy) is 4. The lowest BCUT2D eigenvalue weighted by molar-refractivity contribution is -0.142. The lowest BCUT2D eigenvalue weighted by Gasteiger charge is -2.35. The Balaban J connectivity index is 1.76. The van der Waals surface area contributed by atoms with E-state index in [0.29, 0.717) is 73.6 Å². The summed E-state index contributed by atoms with van der Waals surface area (Å²) in [5.41, 5.74) is 3.05. The molecule has 0 spiro atoms. The molecule has 1 saturated heterocycles. The van der Waals surface area contributed by atoms with Gasteiger partial charge in [-0.25, -0.2) is 0 Å². The quantitative estimate of drug-likeness (QED) is 0.342. The van der Waals surface area contributed by atoms with Gasteiger partial charge in [-0.2, -0.15) is 0 Å². The Morgan fingerprint density at radius 2 is 1.67 bits per heavy atom. The summed E-state index contributed by atoms with van der Waals surface area (Å²) in [6.45, 7) is 6.55. The van der Waals surface area contributed by atoms with Gasteiger partial charge in [0.1, 0.15) is 6.04 Å². The Morgan fingerprint density at radius 3 is 2.26 bits per heavy atom. The minimum atomic E-state index is -0.630. The molecule has 2 aliphatic rings. The second-order valence-corrected chi connectivity index (χ2v) is 12.2. The monoisotopic (exact) mass is 637 g/mol. The summed E-state index contributed by atoms with van der Waals surface area (Å²) < 4.78 is 22.0. The number of anilines is 1. The van der Waals surface area contributed by atoms with Gasteiger partial charge in [-0.1, -0.05) is 26.3 Å². The van der Waals surface area contributed by atoms with Crippen LogP contribution in [0.1, 0.15) is 70.0 Å². The van der Waals surface area contributed by atoms with Gasteiger partial charge in [-0.3, -0.25) is 19.2 Å². The summed E-state index contributed by atoms with van der Waals surface area (Å²) in [5, 5.41) is 6.34. The molecule has 11 nitrogen and oxygen atoms in total. The first-order chi connectivity index (χ1) is 22.1. The normalized spacial score (nSPS) is 17.4. The van der Waals surface area contributed by atoms with Crippen molar-refractivity contribution in [3.63, 3.8) is 0 Å². The Morgan fingerprint density at radius 1 is 0.978 bits per heavy atom. The van der Waals surface area contributed by atoms with Crippen LogP contribution in [0.5, 0.6) is 17.2 Å². The smallest absolute Gasteiger partial charge is 0.305 e. The third kappa shape index (κ3) is 7.40. The second kappa shape index (κ2) is 15.3. The van der Waals surface area contributed by atoms with Crippen LogP contribution in [-0.2, 0) is 25.5 Å². The molecule has 2 aromatic carbocycles. The third-order valence-corrected chi connectivity index (χ3v) is 9.32. The van der Waals surface area contributed by atoms with Crippen LogP contribution in [0.25, 0.3) is 11.1 Å². The topological polar surface area (TPSA) is 132 Å². The number of methoxy groups -OCH3 is 4. The van der Waals surface area contributed by atoms with Crippen molar-refractivity contribution in [3.8, 4) is 28.4 Å². The lowest BCUT2D eigenvalue weighted by Crippen LogP contribution is -2.49. The number of esters is 1. The van der Waals surface area contributed by atoms with Gasteiger partial charge in [0.2, 0.25) is 23.0 Å². The summed E-state index contributed by atoms with van der Waals surface area (Å²) in [6.07, 6.45) is 3.65. The number of hydrogen-bond acceptors (Lipinski definition) is 9. The number of carbonyl (C=O) groups excluding carboxylic acids is 3. The molecule has 250 valence electrons. The molecule has 4 rings (SSSR count). The Kier molecular flexibility index (Phi) is 11.5. The fraction of sp³-hybridized carbons (Fsp3) is 0.543. The molecule has 2 N–H and O–H groups in total. The maximum absolute atomic E-state index is 13.9. The molecule has 2 aromatic rings. The molecule has 0 unspecified atom stereocenters. The summed E-state index contributed by atoms with van der Waals surface area (Å²) >= 11 is 0. The number of carbonyl (C=O) groups is 3. The maximum Gasteiger partial charge on any atom is 0.305 e. The van der Waals surface area contributed by atoms with Crippen molar-refractivity contribution in [3.05, 3.63) is 45.6 Å². The van der Waals surface area contributed by atoms with E-state index < -0.39 is 12.1 Å². The first kappa shape index (κ1) is 34.6. The van der Waals surface area contributed by atoms with Gasteiger partial charge < -0.3 is 34.5 Å². The summed E-state index contributed by atoms with van der Waals surface area (Å²) in [6, 6.07) is 5.96. The molecule has 1 aliphatic heterocycles. The van der Waals surface area contributed by atoms with E-state index in [1.165, 1.54) is 14.0 Å². The number of nitrogens with one attached hydrogen (secondary N) is 2. The van der Waals surface area contributed by atoms with E-state index in [-0.39, 0.29) is 40.7 Å². The van der Waals surface area contributed by atoms with Crippen molar-refractivity contribution >= 4 is 23.5 Å². The summed E-state index contributed by atoms with van der Waals surface area (Å²) in [5.74, 6) is 1.02. The Bertz CT molecular complexity index is 1500. The van der Waals surface area contributed by atoms with Crippen LogP contribution in [0, 0.1) is 11.8 Å². The van der Waals surface area contributed by atoms with E-state index in [9.17, 15) is 19.2 Å². The molecule has 1 aliphatic carbocycles. The van der Waals surface area contributed by atoms with E-state index in [0.717, 1.165) is 17.5 Å².